The minimum atomic E-state index is -3.82. The number of nitrogens with two attached hydrogens (primary N) is 2. The maximum atomic E-state index is 13.8. The fourth-order valence-corrected chi connectivity index (χ4v) is 3.59. The summed E-state index contributed by atoms with van der Waals surface area (Å²) in [5, 5.41) is 8.04. The Morgan fingerprint density at radius 3 is 2.22 bits per heavy atom. The first-order chi connectivity index (χ1) is 12.7. The number of nitrogen functional groups attached to an aromatic ring is 1. The predicted molar refractivity (Wildman–Crippen MR) is 97.4 cm³/mol. The topological polar surface area (TPSA) is 128 Å². The van der Waals surface area contributed by atoms with E-state index in [0.717, 1.165) is 29.5 Å². The molecule has 27 heavy (non-hydrogen) atoms. The molecule has 3 rings (SSSR count). The van der Waals surface area contributed by atoms with Crippen LogP contribution < -0.4 is 16.2 Å². The summed E-state index contributed by atoms with van der Waals surface area (Å²) in [6.07, 6.45) is 0. The Morgan fingerprint density at radius 2 is 1.67 bits per heavy atom. The Bertz CT molecular complexity index is 1110. The Hall–Kier alpha value is -2.89. The van der Waals surface area contributed by atoms with Gasteiger partial charge in [0.25, 0.3) is 0 Å². The summed E-state index contributed by atoms with van der Waals surface area (Å²) in [5.41, 5.74) is 5.45. The minimum Gasteiger partial charge on any atom is -0.382 e. The third-order valence-corrected chi connectivity index (χ3v) is 5.40. The lowest BCUT2D eigenvalue weighted by atomic mass is 10.1. The lowest BCUT2D eigenvalue weighted by molar-refractivity contribution is 0.103. The van der Waals surface area contributed by atoms with E-state index < -0.39 is 33.0 Å². The number of halogens is 2. The van der Waals surface area contributed by atoms with Gasteiger partial charge in [0.05, 0.1) is 10.5 Å². The van der Waals surface area contributed by atoms with Gasteiger partial charge in [-0.15, -0.1) is 0 Å². The third kappa shape index (κ3) is 3.94. The normalized spacial score (nSPS) is 11.4. The molecule has 0 spiro atoms. The fraction of sp³-hybridized carbons (Fsp3) is 0. The first-order valence-electron chi connectivity index (χ1n) is 7.31. The van der Waals surface area contributed by atoms with Crippen LogP contribution in [0.25, 0.3) is 0 Å². The summed E-state index contributed by atoms with van der Waals surface area (Å²) in [6.45, 7) is 0. The maximum absolute atomic E-state index is 13.8. The molecule has 0 atom stereocenters. The van der Waals surface area contributed by atoms with Gasteiger partial charge in [-0.25, -0.2) is 27.3 Å². The lowest BCUT2D eigenvalue weighted by Gasteiger charge is -2.03. The van der Waals surface area contributed by atoms with Crippen molar-refractivity contribution in [3.05, 3.63) is 64.5 Å². The number of hydrogen-bond acceptors (Lipinski definition) is 7. The highest BCUT2D eigenvalue weighted by Gasteiger charge is 2.24. The van der Waals surface area contributed by atoms with Crippen LogP contribution in [0.3, 0.4) is 0 Å². The molecule has 0 radical (unpaired) electrons. The van der Waals surface area contributed by atoms with Crippen LogP contribution >= 0.6 is 11.3 Å². The van der Waals surface area contributed by atoms with Gasteiger partial charge in [-0.2, -0.15) is 0 Å². The van der Waals surface area contributed by atoms with Crippen molar-refractivity contribution in [3.8, 4) is 0 Å². The number of sulfonamides is 1. The second kappa shape index (κ2) is 7.02. The number of ketones is 1. The average Bonchev–Trinajstić information content (AvgIpc) is 2.94. The van der Waals surface area contributed by atoms with Crippen molar-refractivity contribution in [2.45, 2.75) is 4.90 Å². The van der Waals surface area contributed by atoms with Crippen molar-refractivity contribution in [3.63, 3.8) is 0 Å². The van der Waals surface area contributed by atoms with Crippen molar-refractivity contribution < 1.29 is 22.0 Å². The number of nitrogens with zero attached hydrogens (tertiary/aromatic N) is 1. The SMILES string of the molecule is Nc1nc(Nc2ccc(S(N)(=O)=O)cc2)sc1C(=O)c1c(F)cccc1F. The standard InChI is InChI=1S/C16H12F2N4O3S2/c17-10-2-1-3-11(18)12(10)13(23)14-15(19)22-16(26-14)21-8-4-6-9(7-5-8)27(20,24)25/h1-7H,19H2,(H,21,22)(H2,20,24,25). The molecular weight excluding hydrogens is 398 g/mol. The molecule has 2 aromatic carbocycles. The van der Waals surface area contributed by atoms with E-state index in [0.29, 0.717) is 5.69 Å². The number of rotatable bonds is 5. The molecule has 11 heteroatoms. The number of hydrogen-bond donors (Lipinski definition) is 3. The molecule has 0 saturated carbocycles. The monoisotopic (exact) mass is 410 g/mol. The molecule has 140 valence electrons. The van der Waals surface area contributed by atoms with Crippen LogP contribution in [0.4, 0.5) is 25.4 Å². The van der Waals surface area contributed by atoms with Gasteiger partial charge in [0.1, 0.15) is 22.3 Å². The van der Waals surface area contributed by atoms with Gasteiger partial charge in [-0.05, 0) is 36.4 Å². The molecule has 1 heterocycles. The van der Waals surface area contributed by atoms with Crippen LogP contribution in [0.15, 0.2) is 47.4 Å². The maximum Gasteiger partial charge on any atom is 0.238 e. The van der Waals surface area contributed by atoms with Crippen molar-refractivity contribution in [1.29, 1.82) is 0 Å². The second-order valence-corrected chi connectivity index (χ2v) is 7.91. The number of nitrogens with one attached hydrogen (secondary N) is 1. The molecule has 1 aromatic heterocycles. The van der Waals surface area contributed by atoms with Crippen LogP contribution in [0.5, 0.6) is 0 Å². The zero-order valence-electron chi connectivity index (χ0n) is 13.4. The van der Waals surface area contributed by atoms with E-state index in [1.807, 2.05) is 0 Å². The van der Waals surface area contributed by atoms with Gasteiger partial charge in [0.2, 0.25) is 15.8 Å². The van der Waals surface area contributed by atoms with Gasteiger partial charge < -0.3 is 11.1 Å². The largest absolute Gasteiger partial charge is 0.382 e. The Morgan fingerprint density at radius 1 is 1.07 bits per heavy atom. The van der Waals surface area contributed by atoms with Crippen molar-refractivity contribution in [2.75, 3.05) is 11.1 Å². The molecule has 0 aliphatic rings. The smallest absolute Gasteiger partial charge is 0.238 e. The minimum absolute atomic E-state index is 0.0717. The van der Waals surface area contributed by atoms with Gasteiger partial charge in [0.15, 0.2) is 5.13 Å². The Labute approximate surface area is 156 Å². The first-order valence-corrected chi connectivity index (χ1v) is 9.68. The number of anilines is 3. The third-order valence-electron chi connectivity index (χ3n) is 3.48. The molecule has 0 aliphatic heterocycles. The molecular formula is C16H12F2N4O3S2. The number of benzene rings is 2. The number of carbonyl (C=O) groups excluding carboxylic acids is 1. The van der Waals surface area contributed by atoms with E-state index in [1.54, 1.807) is 0 Å². The fourth-order valence-electron chi connectivity index (χ4n) is 2.23. The Kier molecular flexibility index (Phi) is 4.91. The van der Waals surface area contributed by atoms with E-state index in [4.69, 9.17) is 10.9 Å². The summed E-state index contributed by atoms with van der Waals surface area (Å²) in [7, 11) is -3.82. The Balaban J connectivity index is 1.88. The highest BCUT2D eigenvalue weighted by Crippen LogP contribution is 2.31. The summed E-state index contributed by atoms with van der Waals surface area (Å²) >= 11 is 0.811. The van der Waals surface area contributed by atoms with Crippen LogP contribution in [-0.2, 0) is 10.0 Å². The predicted octanol–water partition coefficient (Wildman–Crippen LogP) is 2.63. The van der Waals surface area contributed by atoms with Gasteiger partial charge >= 0.3 is 0 Å². The van der Waals surface area contributed by atoms with Crippen LogP contribution in [0.1, 0.15) is 15.2 Å². The zero-order chi connectivity index (χ0) is 19.8. The number of thiazole rings is 1. The van der Waals surface area contributed by atoms with E-state index in [-0.39, 0.29) is 20.7 Å². The molecule has 3 aromatic rings. The van der Waals surface area contributed by atoms with Crippen molar-refractivity contribution in [1.82, 2.24) is 4.98 Å². The summed E-state index contributed by atoms with van der Waals surface area (Å²) in [4.78, 5) is 16.2. The molecule has 5 N–H and O–H groups in total. The lowest BCUT2D eigenvalue weighted by Crippen LogP contribution is -2.11. The highest BCUT2D eigenvalue weighted by atomic mass is 32.2. The van der Waals surface area contributed by atoms with E-state index in [1.165, 1.54) is 24.3 Å². The summed E-state index contributed by atoms with van der Waals surface area (Å²) in [6, 6.07) is 8.55. The van der Waals surface area contributed by atoms with Crippen molar-refractivity contribution in [2.24, 2.45) is 5.14 Å². The number of carbonyl (C=O) groups is 1. The van der Waals surface area contributed by atoms with Crippen LogP contribution in [0, 0.1) is 11.6 Å². The molecule has 7 nitrogen and oxygen atoms in total. The van der Waals surface area contributed by atoms with Gasteiger partial charge in [-0.3, -0.25) is 4.79 Å². The summed E-state index contributed by atoms with van der Waals surface area (Å²) < 4.78 is 50.1. The van der Waals surface area contributed by atoms with E-state index >= 15 is 0 Å². The average molecular weight is 410 g/mol. The second-order valence-electron chi connectivity index (χ2n) is 5.35. The van der Waals surface area contributed by atoms with Gasteiger partial charge in [0, 0.05) is 5.69 Å². The number of aromatic nitrogens is 1. The molecule has 0 aliphatic carbocycles. The zero-order valence-corrected chi connectivity index (χ0v) is 15.1. The number of primary sulfonamides is 1. The van der Waals surface area contributed by atoms with Gasteiger partial charge in [-0.1, -0.05) is 17.4 Å². The quantitative estimate of drug-likeness (QED) is 0.555. The van der Waals surface area contributed by atoms with E-state index in [9.17, 15) is 22.0 Å². The molecule has 0 unspecified atom stereocenters. The molecule has 0 bridgehead atoms. The molecule has 0 saturated heterocycles. The van der Waals surface area contributed by atoms with E-state index in [2.05, 4.69) is 10.3 Å². The first kappa shape index (κ1) is 18.9. The molecule has 0 fully saturated rings. The molecule has 0 amide bonds. The summed E-state index contributed by atoms with van der Waals surface area (Å²) in [5.74, 6) is -3.10. The van der Waals surface area contributed by atoms with Crippen LogP contribution in [-0.4, -0.2) is 19.2 Å². The van der Waals surface area contributed by atoms with Crippen molar-refractivity contribution >= 4 is 43.8 Å². The van der Waals surface area contributed by atoms with Crippen LogP contribution in [0.2, 0.25) is 0 Å². The highest BCUT2D eigenvalue weighted by molar-refractivity contribution is 7.89.